The molecule has 0 aliphatic carbocycles. The molecule has 2 heterocycles. The van der Waals surface area contributed by atoms with Crippen molar-refractivity contribution in [2.75, 3.05) is 18.0 Å². The zero-order chi connectivity index (χ0) is 23.9. The average molecular weight is 492 g/mol. The molecule has 2 N–H and O–H groups in total. The number of rotatable bonds is 4. The molecule has 5 rings (SSSR count). The third kappa shape index (κ3) is 3.93. The molecule has 1 unspecified atom stereocenters. The number of sulfonamides is 1. The summed E-state index contributed by atoms with van der Waals surface area (Å²) in [5, 5.41) is 7.19. The molecule has 8 heteroatoms. The molecule has 6 nitrogen and oxygen atoms in total. The van der Waals surface area contributed by atoms with Crippen LogP contribution in [-0.4, -0.2) is 27.2 Å². The molecule has 0 saturated carbocycles. The number of ether oxygens (including phenoxy) is 1. The highest BCUT2D eigenvalue weighted by molar-refractivity contribution is 7.92. The van der Waals surface area contributed by atoms with Crippen LogP contribution in [0.4, 0.5) is 5.69 Å². The molecule has 0 spiro atoms. The molecule has 2 aliphatic rings. The van der Waals surface area contributed by atoms with Crippen LogP contribution in [0.5, 0.6) is 5.75 Å². The van der Waals surface area contributed by atoms with Crippen LogP contribution < -0.4 is 19.7 Å². The van der Waals surface area contributed by atoms with E-state index in [0.717, 1.165) is 28.0 Å². The van der Waals surface area contributed by atoms with Gasteiger partial charge in [-0.05, 0) is 61.0 Å². The van der Waals surface area contributed by atoms with Crippen LogP contribution in [0.25, 0.3) is 5.70 Å². The maximum absolute atomic E-state index is 13.8. The molecular weight excluding hydrogens is 466 g/mol. The third-order valence-electron chi connectivity index (χ3n) is 6.25. The maximum atomic E-state index is 13.8. The van der Waals surface area contributed by atoms with Gasteiger partial charge in [-0.2, -0.15) is 0 Å². The first-order chi connectivity index (χ1) is 16.4. The Hall–Kier alpha value is -3.36. The summed E-state index contributed by atoms with van der Waals surface area (Å²) in [5.74, 6) is 0.586. The summed E-state index contributed by atoms with van der Waals surface area (Å²) >= 11 is 5.55. The van der Waals surface area contributed by atoms with Gasteiger partial charge in [0.05, 0.1) is 29.4 Å². The van der Waals surface area contributed by atoms with Crippen molar-refractivity contribution in [2.45, 2.75) is 24.3 Å². The topological polar surface area (TPSA) is 70.7 Å². The summed E-state index contributed by atoms with van der Waals surface area (Å²) in [6, 6.07) is 22.4. The van der Waals surface area contributed by atoms with Crippen LogP contribution >= 0.6 is 12.2 Å². The van der Waals surface area contributed by atoms with Gasteiger partial charge in [0, 0.05) is 18.2 Å². The van der Waals surface area contributed by atoms with Crippen molar-refractivity contribution in [3.05, 3.63) is 95.1 Å². The van der Waals surface area contributed by atoms with E-state index >= 15 is 0 Å². The summed E-state index contributed by atoms with van der Waals surface area (Å²) in [6.45, 7) is 2.22. The van der Waals surface area contributed by atoms with Crippen molar-refractivity contribution >= 4 is 38.7 Å². The van der Waals surface area contributed by atoms with Crippen molar-refractivity contribution in [3.63, 3.8) is 0 Å². The number of anilines is 1. The lowest BCUT2D eigenvalue weighted by Crippen LogP contribution is -2.43. The van der Waals surface area contributed by atoms with Gasteiger partial charge in [-0.15, -0.1) is 0 Å². The Morgan fingerprint density at radius 3 is 2.47 bits per heavy atom. The number of fused-ring (bicyclic) bond motifs is 2. The summed E-state index contributed by atoms with van der Waals surface area (Å²) in [4.78, 5) is 0.257. The highest BCUT2D eigenvalue weighted by Gasteiger charge is 2.35. The predicted octanol–water partition coefficient (Wildman–Crippen LogP) is 4.53. The first-order valence-corrected chi connectivity index (χ1v) is 12.9. The quantitative estimate of drug-likeness (QED) is 0.523. The van der Waals surface area contributed by atoms with Crippen molar-refractivity contribution in [1.29, 1.82) is 0 Å². The SMILES string of the molecule is COc1ccc2c(c1)N(S(=O)(=O)c1ccc(C)cc1)CCC1=C2NC(=S)NC1c1ccccc1. The zero-order valence-electron chi connectivity index (χ0n) is 18.9. The van der Waals surface area contributed by atoms with Gasteiger partial charge in [-0.1, -0.05) is 48.0 Å². The Labute approximate surface area is 205 Å². The van der Waals surface area contributed by atoms with E-state index < -0.39 is 10.0 Å². The van der Waals surface area contributed by atoms with E-state index in [0.29, 0.717) is 23.0 Å². The summed E-state index contributed by atoms with van der Waals surface area (Å²) < 4.78 is 34.6. The number of hydrogen-bond donors (Lipinski definition) is 2. The van der Waals surface area contributed by atoms with Gasteiger partial charge in [0.2, 0.25) is 0 Å². The smallest absolute Gasteiger partial charge is 0.264 e. The number of benzene rings is 3. The maximum Gasteiger partial charge on any atom is 0.264 e. The van der Waals surface area contributed by atoms with Gasteiger partial charge in [0.1, 0.15) is 5.75 Å². The Morgan fingerprint density at radius 1 is 1.03 bits per heavy atom. The van der Waals surface area contributed by atoms with Gasteiger partial charge in [-0.25, -0.2) is 8.42 Å². The number of aryl methyl sites for hydroxylation is 1. The third-order valence-corrected chi connectivity index (χ3v) is 8.30. The Balaban J connectivity index is 1.68. The molecule has 174 valence electrons. The van der Waals surface area contributed by atoms with E-state index in [9.17, 15) is 8.42 Å². The summed E-state index contributed by atoms with van der Waals surface area (Å²) in [6.07, 6.45) is 0.527. The molecule has 0 bridgehead atoms. The van der Waals surface area contributed by atoms with Crippen LogP contribution in [0.2, 0.25) is 0 Å². The van der Waals surface area contributed by atoms with Gasteiger partial charge in [0.25, 0.3) is 10.0 Å². The molecule has 0 aromatic heterocycles. The summed E-state index contributed by atoms with van der Waals surface area (Å²) in [5.41, 5.74) is 5.32. The highest BCUT2D eigenvalue weighted by Crippen LogP contribution is 2.42. The Bertz CT molecular complexity index is 1380. The molecule has 3 aromatic rings. The number of thiocarbonyl (C=S) groups is 1. The van der Waals surface area contributed by atoms with E-state index in [4.69, 9.17) is 17.0 Å². The minimum Gasteiger partial charge on any atom is -0.497 e. The first-order valence-electron chi connectivity index (χ1n) is 11.0. The fourth-order valence-electron chi connectivity index (χ4n) is 4.52. The van der Waals surface area contributed by atoms with Crippen LogP contribution in [-0.2, 0) is 10.0 Å². The molecule has 3 aromatic carbocycles. The second kappa shape index (κ2) is 8.77. The second-order valence-electron chi connectivity index (χ2n) is 8.37. The van der Waals surface area contributed by atoms with Gasteiger partial charge in [0.15, 0.2) is 5.11 Å². The molecule has 2 aliphatic heterocycles. The fourth-order valence-corrected chi connectivity index (χ4v) is 6.21. The van der Waals surface area contributed by atoms with E-state index in [-0.39, 0.29) is 17.5 Å². The molecule has 0 fully saturated rings. The number of hydrogen-bond acceptors (Lipinski definition) is 4. The van der Waals surface area contributed by atoms with Gasteiger partial charge in [-0.3, -0.25) is 4.31 Å². The molecule has 34 heavy (non-hydrogen) atoms. The van der Waals surface area contributed by atoms with Crippen molar-refractivity contribution in [1.82, 2.24) is 10.6 Å². The van der Waals surface area contributed by atoms with Crippen molar-refractivity contribution < 1.29 is 13.2 Å². The lowest BCUT2D eigenvalue weighted by Gasteiger charge is -2.31. The molecule has 0 saturated heterocycles. The van der Waals surface area contributed by atoms with Crippen LogP contribution in [0.1, 0.15) is 29.2 Å². The van der Waals surface area contributed by atoms with Crippen LogP contribution in [0.3, 0.4) is 0 Å². The standard InChI is InChI=1S/C26H25N3O3S2/c1-17-8-11-20(12-9-17)34(30,31)29-15-14-22-24(18-6-4-3-5-7-18)27-26(33)28-25(22)21-13-10-19(32-2)16-23(21)29/h3-13,16,24H,14-15H2,1-2H3,(H2,27,28,33). The summed E-state index contributed by atoms with van der Waals surface area (Å²) in [7, 11) is -2.23. The largest absolute Gasteiger partial charge is 0.497 e. The normalized spacial score (nSPS) is 17.8. The zero-order valence-corrected chi connectivity index (χ0v) is 20.5. The number of nitrogens with one attached hydrogen (secondary N) is 2. The van der Waals surface area contributed by atoms with E-state index in [1.165, 1.54) is 4.31 Å². The van der Waals surface area contributed by atoms with Crippen molar-refractivity contribution in [2.24, 2.45) is 0 Å². The second-order valence-corrected chi connectivity index (χ2v) is 10.6. The fraction of sp³-hybridized carbons (Fsp3) is 0.192. The molecule has 0 radical (unpaired) electrons. The molecule has 0 amide bonds. The van der Waals surface area contributed by atoms with Gasteiger partial charge < -0.3 is 15.4 Å². The highest BCUT2D eigenvalue weighted by atomic mass is 32.2. The first kappa shape index (κ1) is 22.4. The lowest BCUT2D eigenvalue weighted by atomic mass is 9.91. The minimum absolute atomic E-state index is 0.151. The van der Waals surface area contributed by atoms with Crippen molar-refractivity contribution in [3.8, 4) is 5.75 Å². The predicted molar refractivity (Wildman–Crippen MR) is 138 cm³/mol. The monoisotopic (exact) mass is 491 g/mol. The molecular formula is C26H25N3O3S2. The Morgan fingerprint density at radius 2 is 1.76 bits per heavy atom. The Kier molecular flexibility index (Phi) is 5.79. The minimum atomic E-state index is -3.81. The number of nitrogens with zero attached hydrogens (tertiary/aromatic N) is 1. The molecule has 1 atom stereocenters. The number of methoxy groups -OCH3 is 1. The van der Waals surface area contributed by atoms with Crippen LogP contribution in [0.15, 0.2) is 83.3 Å². The van der Waals surface area contributed by atoms with Gasteiger partial charge >= 0.3 is 0 Å². The van der Waals surface area contributed by atoms with E-state index in [1.54, 1.807) is 25.3 Å². The average Bonchev–Trinajstić information content (AvgIpc) is 3.01. The lowest BCUT2D eigenvalue weighted by molar-refractivity contribution is 0.415. The van der Waals surface area contributed by atoms with E-state index in [2.05, 4.69) is 22.8 Å². The van der Waals surface area contributed by atoms with Crippen LogP contribution in [0, 0.1) is 6.92 Å². The van der Waals surface area contributed by atoms with E-state index in [1.807, 2.05) is 49.4 Å².